The first-order valence-electron chi connectivity index (χ1n) is 11.0. The molecule has 2 fully saturated rings. The van der Waals surface area contributed by atoms with E-state index in [-0.39, 0.29) is 17.7 Å². The van der Waals surface area contributed by atoms with Gasteiger partial charge in [0.25, 0.3) is 0 Å². The molecule has 2 amide bonds. The average molecular weight is 361 g/mol. The lowest BCUT2D eigenvalue weighted by atomic mass is 9.81. The summed E-state index contributed by atoms with van der Waals surface area (Å²) in [5.74, 6) is 0.838. The smallest absolute Gasteiger partial charge is 0.225 e. The van der Waals surface area contributed by atoms with E-state index in [1.54, 1.807) is 0 Å². The predicted octanol–water partition coefficient (Wildman–Crippen LogP) is 4.20. The van der Waals surface area contributed by atoms with Crippen molar-refractivity contribution in [3.63, 3.8) is 0 Å². The van der Waals surface area contributed by atoms with Crippen molar-refractivity contribution < 1.29 is 9.59 Å². The van der Waals surface area contributed by atoms with Gasteiger partial charge in [0.15, 0.2) is 0 Å². The van der Waals surface area contributed by atoms with Crippen molar-refractivity contribution in [2.45, 2.75) is 83.5 Å². The van der Waals surface area contributed by atoms with E-state index in [2.05, 4.69) is 16.3 Å². The summed E-state index contributed by atoms with van der Waals surface area (Å²) in [6, 6.07) is 0. The van der Waals surface area contributed by atoms with Gasteiger partial charge in [-0.25, -0.2) is 0 Å². The summed E-state index contributed by atoms with van der Waals surface area (Å²) in [6.45, 7) is 2.65. The Morgan fingerprint density at radius 1 is 0.923 bits per heavy atom. The van der Waals surface area contributed by atoms with Crippen molar-refractivity contribution in [1.29, 1.82) is 0 Å². The van der Waals surface area contributed by atoms with Gasteiger partial charge in [-0.05, 0) is 70.6 Å². The van der Waals surface area contributed by atoms with Gasteiger partial charge < -0.3 is 10.2 Å². The summed E-state index contributed by atoms with van der Waals surface area (Å²) in [5, 5.41) is 3.14. The Bertz CT molecular complexity index is 498. The monoisotopic (exact) mass is 360 g/mol. The maximum absolute atomic E-state index is 12.7. The number of nitrogens with one attached hydrogen (secondary N) is 1. The van der Waals surface area contributed by atoms with E-state index in [9.17, 15) is 9.59 Å². The number of amides is 2. The molecule has 26 heavy (non-hydrogen) atoms. The molecule has 0 bridgehead atoms. The number of likely N-dealkylation sites (tertiary alicyclic amines) is 1. The standard InChI is InChI=1S/C22H36N2O2/c25-21(23-15-14-18-8-4-3-5-9-18)19-10-12-20(13-11-19)22(26)24-16-6-1-2-7-17-24/h8,19-20H,1-7,9-17H2,(H,23,25). The van der Waals surface area contributed by atoms with Crippen LogP contribution in [0.1, 0.15) is 83.5 Å². The molecule has 0 spiro atoms. The normalized spacial score (nSPS) is 27.4. The van der Waals surface area contributed by atoms with E-state index in [1.165, 1.54) is 44.1 Å². The third-order valence-corrected chi connectivity index (χ3v) is 6.50. The molecule has 4 nitrogen and oxygen atoms in total. The molecule has 0 unspecified atom stereocenters. The molecule has 0 aromatic heterocycles. The minimum absolute atomic E-state index is 0.114. The van der Waals surface area contributed by atoms with Crippen molar-refractivity contribution in [1.82, 2.24) is 10.2 Å². The second-order valence-corrected chi connectivity index (χ2v) is 8.44. The van der Waals surface area contributed by atoms with Crippen LogP contribution in [0.3, 0.4) is 0 Å². The van der Waals surface area contributed by atoms with E-state index in [0.29, 0.717) is 5.91 Å². The summed E-state index contributed by atoms with van der Waals surface area (Å²) in [4.78, 5) is 27.3. The SMILES string of the molecule is O=C(NCCC1=CCCCC1)C1CCC(C(=O)N2CCCCCC2)CC1. The fourth-order valence-electron chi connectivity index (χ4n) is 4.77. The predicted molar refractivity (Wildman–Crippen MR) is 105 cm³/mol. The van der Waals surface area contributed by atoms with Gasteiger partial charge in [-0.3, -0.25) is 9.59 Å². The summed E-state index contributed by atoms with van der Waals surface area (Å²) < 4.78 is 0. The molecule has 3 rings (SSSR count). The third kappa shape index (κ3) is 5.59. The molecule has 1 saturated carbocycles. The first-order valence-corrected chi connectivity index (χ1v) is 11.0. The van der Waals surface area contributed by atoms with Crippen molar-refractivity contribution in [2.75, 3.05) is 19.6 Å². The highest BCUT2D eigenvalue weighted by Gasteiger charge is 2.32. The van der Waals surface area contributed by atoms with E-state index in [4.69, 9.17) is 0 Å². The highest BCUT2D eigenvalue weighted by atomic mass is 16.2. The highest BCUT2D eigenvalue weighted by molar-refractivity contribution is 5.81. The Kier molecular flexibility index (Phi) is 7.57. The molecule has 3 aliphatic rings. The van der Waals surface area contributed by atoms with Crippen molar-refractivity contribution in [3.8, 4) is 0 Å². The van der Waals surface area contributed by atoms with Gasteiger partial charge in [0.1, 0.15) is 0 Å². The van der Waals surface area contributed by atoms with Crippen LogP contribution < -0.4 is 5.32 Å². The van der Waals surface area contributed by atoms with Crippen LogP contribution in [0.15, 0.2) is 11.6 Å². The number of hydrogen-bond acceptors (Lipinski definition) is 2. The minimum Gasteiger partial charge on any atom is -0.356 e. The molecule has 2 aliphatic carbocycles. The van der Waals surface area contributed by atoms with Gasteiger partial charge >= 0.3 is 0 Å². The zero-order valence-corrected chi connectivity index (χ0v) is 16.3. The summed E-state index contributed by atoms with van der Waals surface area (Å²) in [5.41, 5.74) is 1.52. The maximum atomic E-state index is 12.7. The average Bonchev–Trinajstić information content (AvgIpc) is 2.98. The molecule has 0 atom stereocenters. The van der Waals surface area contributed by atoms with Crippen LogP contribution in [-0.4, -0.2) is 36.3 Å². The molecule has 1 heterocycles. The van der Waals surface area contributed by atoms with Crippen LogP contribution in [0.5, 0.6) is 0 Å². The van der Waals surface area contributed by atoms with Crippen molar-refractivity contribution in [2.24, 2.45) is 11.8 Å². The molecule has 146 valence electrons. The lowest BCUT2D eigenvalue weighted by Crippen LogP contribution is -2.40. The first-order chi connectivity index (χ1) is 12.7. The van der Waals surface area contributed by atoms with Crippen LogP contribution >= 0.6 is 0 Å². The van der Waals surface area contributed by atoms with Crippen LogP contribution in [0.2, 0.25) is 0 Å². The van der Waals surface area contributed by atoms with Gasteiger partial charge in [-0.1, -0.05) is 24.5 Å². The Morgan fingerprint density at radius 3 is 2.27 bits per heavy atom. The fraction of sp³-hybridized carbons (Fsp3) is 0.818. The Balaban J connectivity index is 1.36. The van der Waals surface area contributed by atoms with Gasteiger partial charge in [0.2, 0.25) is 11.8 Å². The lowest BCUT2D eigenvalue weighted by Gasteiger charge is -2.31. The van der Waals surface area contributed by atoms with E-state index < -0.39 is 0 Å². The largest absolute Gasteiger partial charge is 0.356 e. The van der Waals surface area contributed by atoms with Gasteiger partial charge in [-0.15, -0.1) is 0 Å². The second-order valence-electron chi connectivity index (χ2n) is 8.44. The summed E-state index contributed by atoms with van der Waals surface area (Å²) in [6.07, 6.45) is 16.7. The number of allylic oxidation sites excluding steroid dienone is 1. The summed E-state index contributed by atoms with van der Waals surface area (Å²) >= 11 is 0. The van der Waals surface area contributed by atoms with Crippen molar-refractivity contribution in [3.05, 3.63) is 11.6 Å². The molecule has 0 aromatic carbocycles. The zero-order chi connectivity index (χ0) is 18.2. The maximum Gasteiger partial charge on any atom is 0.225 e. The molecule has 4 heteroatoms. The second kappa shape index (κ2) is 10.1. The van der Waals surface area contributed by atoms with Gasteiger partial charge in [-0.2, -0.15) is 0 Å². The number of rotatable bonds is 5. The van der Waals surface area contributed by atoms with Crippen LogP contribution in [0.25, 0.3) is 0 Å². The summed E-state index contributed by atoms with van der Waals surface area (Å²) in [7, 11) is 0. The highest BCUT2D eigenvalue weighted by Crippen LogP contribution is 2.31. The molecule has 0 aromatic rings. The van der Waals surface area contributed by atoms with Crippen LogP contribution in [0.4, 0.5) is 0 Å². The fourth-order valence-corrected chi connectivity index (χ4v) is 4.77. The van der Waals surface area contributed by atoms with Crippen LogP contribution in [0, 0.1) is 11.8 Å². The third-order valence-electron chi connectivity index (χ3n) is 6.50. The first kappa shape index (κ1) is 19.4. The van der Waals surface area contributed by atoms with Crippen molar-refractivity contribution >= 4 is 11.8 Å². The number of carbonyl (C=O) groups excluding carboxylic acids is 2. The number of carbonyl (C=O) groups is 2. The molecular weight excluding hydrogens is 324 g/mol. The van der Waals surface area contributed by atoms with Crippen LogP contribution in [-0.2, 0) is 9.59 Å². The van der Waals surface area contributed by atoms with E-state index >= 15 is 0 Å². The Morgan fingerprint density at radius 2 is 1.62 bits per heavy atom. The van der Waals surface area contributed by atoms with Gasteiger partial charge in [0, 0.05) is 31.5 Å². The van der Waals surface area contributed by atoms with E-state index in [1.807, 2.05) is 0 Å². The Labute approximate surface area is 158 Å². The topological polar surface area (TPSA) is 49.4 Å². The zero-order valence-electron chi connectivity index (χ0n) is 16.3. The van der Waals surface area contributed by atoms with E-state index in [0.717, 1.165) is 64.6 Å². The van der Waals surface area contributed by atoms with Gasteiger partial charge in [0.05, 0.1) is 0 Å². The molecular formula is C22H36N2O2. The molecule has 1 aliphatic heterocycles. The molecule has 1 N–H and O–H groups in total. The quantitative estimate of drug-likeness (QED) is 0.747. The Hall–Kier alpha value is -1.32. The lowest BCUT2D eigenvalue weighted by molar-refractivity contribution is -0.138. The number of hydrogen-bond donors (Lipinski definition) is 1. The molecule has 1 saturated heterocycles. The number of nitrogens with zero attached hydrogens (tertiary/aromatic N) is 1. The minimum atomic E-state index is 0.114. The molecule has 0 radical (unpaired) electrons.